The van der Waals surface area contributed by atoms with E-state index in [1.807, 2.05) is 38.2 Å². The number of fused-ring (bicyclic) bond motifs is 2. The van der Waals surface area contributed by atoms with Crippen LogP contribution in [0.3, 0.4) is 0 Å². The number of carbonyl (C=O) groups excluding carboxylic acids is 2. The quantitative estimate of drug-likeness (QED) is 0.330. The Morgan fingerprint density at radius 2 is 1.86 bits per heavy atom. The van der Waals surface area contributed by atoms with E-state index in [2.05, 4.69) is 49.7 Å². The minimum atomic E-state index is -0.167. The zero-order valence-corrected chi connectivity index (χ0v) is 25.5. The SMILES string of the molecule is Cc1cccc(Cl)c1C(=O)NC1CCc2ccc(C(=O)N3CCC4(CCN(Cc5ccc6c(c5)nnn6C)CC4)C3)cc21. The van der Waals surface area contributed by atoms with Crippen molar-refractivity contribution in [2.45, 2.75) is 51.6 Å². The molecule has 7 rings (SSSR count). The molecule has 2 amide bonds. The fourth-order valence-electron chi connectivity index (χ4n) is 7.36. The molecule has 8 nitrogen and oxygen atoms in total. The van der Waals surface area contributed by atoms with Crippen LogP contribution < -0.4 is 5.32 Å². The van der Waals surface area contributed by atoms with Gasteiger partial charge < -0.3 is 10.2 Å². The monoisotopic (exact) mass is 596 g/mol. The number of carbonyl (C=O) groups is 2. The summed E-state index contributed by atoms with van der Waals surface area (Å²) < 4.78 is 1.80. The third-order valence-electron chi connectivity index (χ3n) is 9.95. The molecule has 1 aliphatic carbocycles. The van der Waals surface area contributed by atoms with Gasteiger partial charge in [-0.15, -0.1) is 5.10 Å². The minimum Gasteiger partial charge on any atom is -0.345 e. The van der Waals surface area contributed by atoms with Crippen molar-refractivity contribution >= 4 is 34.4 Å². The first-order chi connectivity index (χ1) is 20.8. The summed E-state index contributed by atoms with van der Waals surface area (Å²) in [6.07, 6.45) is 4.96. The van der Waals surface area contributed by atoms with Crippen molar-refractivity contribution in [1.82, 2.24) is 30.1 Å². The average Bonchev–Trinajstić information content (AvgIpc) is 3.71. The van der Waals surface area contributed by atoms with Crippen LogP contribution in [0.15, 0.2) is 54.6 Å². The van der Waals surface area contributed by atoms with E-state index in [0.717, 1.165) is 87.0 Å². The Bertz CT molecular complexity index is 1700. The molecule has 3 aliphatic rings. The topological polar surface area (TPSA) is 83.4 Å². The molecule has 1 unspecified atom stereocenters. The van der Waals surface area contributed by atoms with E-state index in [-0.39, 0.29) is 23.3 Å². The number of nitrogens with zero attached hydrogens (tertiary/aromatic N) is 5. The second kappa shape index (κ2) is 11.1. The Balaban J connectivity index is 0.980. The number of aryl methyl sites for hydroxylation is 3. The molecular weight excluding hydrogens is 560 g/mol. The van der Waals surface area contributed by atoms with E-state index >= 15 is 0 Å². The van der Waals surface area contributed by atoms with Gasteiger partial charge >= 0.3 is 0 Å². The first kappa shape index (κ1) is 28.0. The number of nitrogens with one attached hydrogen (secondary N) is 1. The fraction of sp³-hybridized carbons (Fsp3) is 0.412. The Morgan fingerprint density at radius 1 is 1.05 bits per heavy atom. The summed E-state index contributed by atoms with van der Waals surface area (Å²) in [4.78, 5) is 31.4. The number of hydrogen-bond acceptors (Lipinski definition) is 5. The van der Waals surface area contributed by atoms with Crippen LogP contribution in [0.4, 0.5) is 0 Å². The van der Waals surface area contributed by atoms with Gasteiger partial charge in [-0.05, 0) is 110 Å². The smallest absolute Gasteiger partial charge is 0.253 e. The van der Waals surface area contributed by atoms with Crippen LogP contribution in [0.1, 0.15) is 74.7 Å². The molecule has 4 aromatic rings. The summed E-state index contributed by atoms with van der Waals surface area (Å²) in [5, 5.41) is 12.0. The second-order valence-electron chi connectivity index (χ2n) is 12.7. The van der Waals surface area contributed by atoms with E-state index in [1.165, 1.54) is 11.1 Å². The highest BCUT2D eigenvalue weighted by Gasteiger charge is 2.42. The number of rotatable bonds is 5. The highest BCUT2D eigenvalue weighted by molar-refractivity contribution is 6.34. The summed E-state index contributed by atoms with van der Waals surface area (Å²) in [5.41, 5.74) is 7.77. The molecule has 0 radical (unpaired) electrons. The number of hydrogen-bond donors (Lipinski definition) is 1. The maximum atomic E-state index is 13.7. The molecule has 9 heteroatoms. The van der Waals surface area contributed by atoms with Crippen LogP contribution in [-0.4, -0.2) is 62.8 Å². The third-order valence-corrected chi connectivity index (χ3v) is 10.3. The van der Waals surface area contributed by atoms with Crippen molar-refractivity contribution in [3.8, 4) is 0 Å². The Morgan fingerprint density at radius 3 is 2.67 bits per heavy atom. The van der Waals surface area contributed by atoms with Gasteiger partial charge in [0.15, 0.2) is 0 Å². The van der Waals surface area contributed by atoms with Crippen molar-refractivity contribution in [3.05, 3.63) is 93.0 Å². The van der Waals surface area contributed by atoms with Crippen LogP contribution in [0, 0.1) is 12.3 Å². The van der Waals surface area contributed by atoms with Crippen LogP contribution in [0.2, 0.25) is 5.02 Å². The standard InChI is InChI=1S/C34H37ClN6O2/c1-22-4-3-5-27(35)31(22)32(42)36-28-10-9-24-7-8-25(19-26(24)28)33(43)41-17-14-34(21-41)12-15-40(16-13-34)20-23-6-11-30-29(18-23)37-38-39(30)2/h3-8,11,18-19,28H,9-10,12-17,20-21H2,1-2H3,(H,36,42). The van der Waals surface area contributed by atoms with Crippen molar-refractivity contribution in [3.63, 3.8) is 0 Å². The lowest BCUT2D eigenvalue weighted by atomic mass is 9.77. The van der Waals surface area contributed by atoms with Crippen LogP contribution in [0.5, 0.6) is 0 Å². The molecule has 43 heavy (non-hydrogen) atoms. The van der Waals surface area contributed by atoms with Crippen molar-refractivity contribution in [1.29, 1.82) is 0 Å². The molecule has 1 aromatic heterocycles. The Labute approximate surface area is 257 Å². The summed E-state index contributed by atoms with van der Waals surface area (Å²) >= 11 is 6.36. The minimum absolute atomic E-state index is 0.0957. The van der Waals surface area contributed by atoms with Gasteiger partial charge in [0.2, 0.25) is 0 Å². The predicted octanol–water partition coefficient (Wildman–Crippen LogP) is 5.48. The van der Waals surface area contributed by atoms with Gasteiger partial charge in [0.05, 0.1) is 22.1 Å². The van der Waals surface area contributed by atoms with Crippen molar-refractivity contribution in [2.75, 3.05) is 26.2 Å². The molecule has 1 spiro atoms. The van der Waals surface area contributed by atoms with Crippen molar-refractivity contribution < 1.29 is 9.59 Å². The van der Waals surface area contributed by atoms with Gasteiger partial charge in [-0.1, -0.05) is 41.1 Å². The largest absolute Gasteiger partial charge is 0.345 e. The highest BCUT2D eigenvalue weighted by Crippen LogP contribution is 2.41. The molecule has 2 fully saturated rings. The molecule has 1 atom stereocenters. The van der Waals surface area contributed by atoms with E-state index in [4.69, 9.17) is 11.6 Å². The number of likely N-dealkylation sites (tertiary alicyclic amines) is 2. The molecular formula is C34H37ClN6O2. The number of aromatic nitrogens is 3. The summed E-state index contributed by atoms with van der Waals surface area (Å²) in [6.45, 7) is 6.48. The van der Waals surface area contributed by atoms with Crippen LogP contribution in [-0.2, 0) is 20.0 Å². The Kier molecular flexibility index (Phi) is 7.22. The fourth-order valence-corrected chi connectivity index (χ4v) is 7.67. The highest BCUT2D eigenvalue weighted by atomic mass is 35.5. The van der Waals surface area contributed by atoms with Gasteiger partial charge in [0, 0.05) is 32.2 Å². The maximum absolute atomic E-state index is 13.7. The lowest BCUT2D eigenvalue weighted by molar-refractivity contribution is 0.0713. The van der Waals surface area contributed by atoms with E-state index < -0.39 is 0 Å². The van der Waals surface area contributed by atoms with Gasteiger partial charge in [0.25, 0.3) is 11.8 Å². The maximum Gasteiger partial charge on any atom is 0.253 e. The molecule has 1 N–H and O–H groups in total. The van der Waals surface area contributed by atoms with Crippen LogP contribution in [0.25, 0.3) is 11.0 Å². The molecule has 222 valence electrons. The number of amides is 2. The summed E-state index contributed by atoms with van der Waals surface area (Å²) in [6, 6.07) is 17.8. The number of halogens is 1. The average molecular weight is 597 g/mol. The number of piperidine rings is 1. The lowest BCUT2D eigenvalue weighted by Gasteiger charge is -2.39. The molecule has 0 saturated carbocycles. The van der Waals surface area contributed by atoms with Gasteiger partial charge in [-0.25, -0.2) is 4.68 Å². The summed E-state index contributed by atoms with van der Waals surface area (Å²) in [5.74, 6) is -0.0712. The lowest BCUT2D eigenvalue weighted by Crippen LogP contribution is -2.42. The van der Waals surface area contributed by atoms with Gasteiger partial charge in [-0.3, -0.25) is 14.5 Å². The zero-order valence-electron chi connectivity index (χ0n) is 24.8. The van der Waals surface area contributed by atoms with Crippen LogP contribution >= 0.6 is 11.6 Å². The zero-order chi connectivity index (χ0) is 29.7. The van der Waals surface area contributed by atoms with E-state index in [1.54, 1.807) is 10.7 Å². The van der Waals surface area contributed by atoms with E-state index in [9.17, 15) is 9.59 Å². The van der Waals surface area contributed by atoms with E-state index in [0.29, 0.717) is 16.1 Å². The summed E-state index contributed by atoms with van der Waals surface area (Å²) in [7, 11) is 1.92. The molecule has 2 aliphatic heterocycles. The third kappa shape index (κ3) is 5.31. The first-order valence-electron chi connectivity index (χ1n) is 15.3. The molecule has 3 aromatic carbocycles. The van der Waals surface area contributed by atoms with Gasteiger partial charge in [-0.2, -0.15) is 0 Å². The first-order valence-corrected chi connectivity index (χ1v) is 15.7. The van der Waals surface area contributed by atoms with Crippen molar-refractivity contribution in [2.24, 2.45) is 12.5 Å². The van der Waals surface area contributed by atoms with Gasteiger partial charge in [0.1, 0.15) is 5.52 Å². The normalized spacial score (nSPS) is 19.7. The predicted molar refractivity (Wildman–Crippen MR) is 167 cm³/mol. The second-order valence-corrected chi connectivity index (χ2v) is 13.1. The number of benzene rings is 3. The Hall–Kier alpha value is -3.75. The molecule has 3 heterocycles. The molecule has 2 saturated heterocycles. The molecule has 0 bridgehead atoms.